The third-order valence-electron chi connectivity index (χ3n) is 3.51. The number of hydrogen-bond donors (Lipinski definition) is 2. The van der Waals surface area contributed by atoms with Crippen LogP contribution in [-0.4, -0.2) is 28.4 Å². The smallest absolute Gasteiger partial charge is 0.191 e. The van der Waals surface area contributed by atoms with Gasteiger partial charge < -0.3 is 15.0 Å². The molecule has 100 valence electrons. The molecular weight excluding hydrogens is 238 g/mol. The number of nitrogens with zero attached hydrogens (tertiary/aromatic N) is 3. The summed E-state index contributed by atoms with van der Waals surface area (Å²) in [6, 6.07) is 6.57. The van der Waals surface area contributed by atoms with E-state index < -0.39 is 0 Å². The quantitative estimate of drug-likeness (QED) is 0.645. The fourth-order valence-corrected chi connectivity index (χ4v) is 2.14. The van der Waals surface area contributed by atoms with Crippen LogP contribution in [0.25, 0.3) is 5.65 Å². The van der Waals surface area contributed by atoms with E-state index in [1.807, 2.05) is 35.0 Å². The highest BCUT2D eigenvalue weighted by Crippen LogP contribution is 2.28. The van der Waals surface area contributed by atoms with Gasteiger partial charge in [0.25, 0.3) is 0 Å². The van der Waals surface area contributed by atoms with Gasteiger partial charge in [-0.3, -0.25) is 4.99 Å². The number of nitrogens with one attached hydrogen (secondary N) is 2. The van der Waals surface area contributed by atoms with E-state index in [0.29, 0.717) is 12.6 Å². The van der Waals surface area contributed by atoms with Gasteiger partial charge in [-0.25, -0.2) is 4.98 Å². The van der Waals surface area contributed by atoms with Crippen molar-refractivity contribution in [1.29, 1.82) is 0 Å². The molecule has 0 aromatic carbocycles. The van der Waals surface area contributed by atoms with E-state index in [1.54, 1.807) is 7.05 Å². The zero-order valence-electron chi connectivity index (χ0n) is 11.3. The Balaban J connectivity index is 1.61. The van der Waals surface area contributed by atoms with Gasteiger partial charge in [0.2, 0.25) is 0 Å². The maximum atomic E-state index is 4.55. The van der Waals surface area contributed by atoms with Crippen LogP contribution in [0, 0.1) is 5.92 Å². The van der Waals surface area contributed by atoms with Crippen molar-refractivity contribution in [1.82, 2.24) is 20.0 Å². The molecule has 3 rings (SSSR count). The molecule has 5 nitrogen and oxygen atoms in total. The van der Waals surface area contributed by atoms with Gasteiger partial charge in [0.1, 0.15) is 5.65 Å². The van der Waals surface area contributed by atoms with Crippen LogP contribution in [0.1, 0.15) is 19.0 Å². The first-order valence-electron chi connectivity index (χ1n) is 6.66. The molecule has 1 saturated carbocycles. The third-order valence-corrected chi connectivity index (χ3v) is 3.51. The van der Waals surface area contributed by atoms with E-state index in [-0.39, 0.29) is 0 Å². The number of guanidine groups is 1. The van der Waals surface area contributed by atoms with Crippen molar-refractivity contribution < 1.29 is 0 Å². The molecule has 1 aliphatic carbocycles. The molecule has 0 aliphatic heterocycles. The number of hydrogen-bond acceptors (Lipinski definition) is 2. The summed E-state index contributed by atoms with van der Waals surface area (Å²) in [7, 11) is 1.80. The van der Waals surface area contributed by atoms with Crippen molar-refractivity contribution in [3.05, 3.63) is 36.3 Å². The van der Waals surface area contributed by atoms with Gasteiger partial charge >= 0.3 is 0 Å². The molecule has 0 amide bonds. The number of fused-ring (bicyclic) bond motifs is 1. The van der Waals surface area contributed by atoms with Crippen LogP contribution in [0.4, 0.5) is 0 Å². The van der Waals surface area contributed by atoms with E-state index >= 15 is 0 Å². The number of aliphatic imine (C=N–C) groups is 1. The van der Waals surface area contributed by atoms with Crippen LogP contribution >= 0.6 is 0 Å². The summed E-state index contributed by atoms with van der Waals surface area (Å²) < 4.78 is 2.02. The van der Waals surface area contributed by atoms with E-state index in [2.05, 4.69) is 27.5 Å². The molecule has 0 spiro atoms. The molecule has 2 N–H and O–H groups in total. The Morgan fingerprint density at radius 2 is 2.37 bits per heavy atom. The number of imidazole rings is 1. The van der Waals surface area contributed by atoms with Crippen LogP contribution in [0.15, 0.2) is 35.6 Å². The standard InChI is InChI=1S/C14H19N5/c1-10-7-12(10)18-14(15-2)16-8-11-9-19-6-4-3-5-13(19)17-11/h3-6,9-10,12H,7-8H2,1-2H3,(H2,15,16,18). The SMILES string of the molecule is CN=C(NCc1cn2ccccc2n1)NC1CC1C. The molecule has 2 atom stereocenters. The largest absolute Gasteiger partial charge is 0.353 e. The average Bonchev–Trinajstić information content (AvgIpc) is 2.96. The lowest BCUT2D eigenvalue weighted by Gasteiger charge is -2.09. The highest BCUT2D eigenvalue weighted by atomic mass is 15.2. The van der Waals surface area contributed by atoms with Crippen LogP contribution in [0.2, 0.25) is 0 Å². The van der Waals surface area contributed by atoms with Crippen LogP contribution in [-0.2, 0) is 6.54 Å². The summed E-state index contributed by atoms with van der Waals surface area (Å²) >= 11 is 0. The molecule has 2 heterocycles. The van der Waals surface area contributed by atoms with Gasteiger partial charge in [0.05, 0.1) is 12.2 Å². The summed E-state index contributed by atoms with van der Waals surface area (Å²) in [5.74, 6) is 1.61. The molecule has 5 heteroatoms. The van der Waals surface area contributed by atoms with Gasteiger partial charge in [-0.2, -0.15) is 0 Å². The normalized spacial score (nSPS) is 22.5. The van der Waals surface area contributed by atoms with Crippen molar-refractivity contribution in [2.24, 2.45) is 10.9 Å². The second-order valence-corrected chi connectivity index (χ2v) is 5.09. The number of pyridine rings is 1. The fourth-order valence-electron chi connectivity index (χ4n) is 2.14. The predicted molar refractivity (Wildman–Crippen MR) is 76.1 cm³/mol. The number of rotatable bonds is 3. The third kappa shape index (κ3) is 2.70. The Kier molecular flexibility index (Phi) is 3.11. The van der Waals surface area contributed by atoms with Crippen molar-refractivity contribution in [3.8, 4) is 0 Å². The molecule has 2 aromatic heterocycles. The van der Waals surface area contributed by atoms with Gasteiger partial charge in [0, 0.05) is 25.5 Å². The molecule has 19 heavy (non-hydrogen) atoms. The lowest BCUT2D eigenvalue weighted by molar-refractivity contribution is 0.758. The molecule has 1 fully saturated rings. The average molecular weight is 257 g/mol. The van der Waals surface area contributed by atoms with Crippen molar-refractivity contribution in [2.45, 2.75) is 25.9 Å². The van der Waals surface area contributed by atoms with Crippen LogP contribution in [0.5, 0.6) is 0 Å². The van der Waals surface area contributed by atoms with Gasteiger partial charge in [-0.15, -0.1) is 0 Å². The van der Waals surface area contributed by atoms with E-state index in [0.717, 1.165) is 23.2 Å². The summed E-state index contributed by atoms with van der Waals surface area (Å²) in [4.78, 5) is 8.78. The Bertz CT molecular complexity index is 568. The predicted octanol–water partition coefficient (Wildman–Crippen LogP) is 1.41. The summed E-state index contributed by atoms with van der Waals surface area (Å²) in [5.41, 5.74) is 1.98. The molecular formula is C14H19N5. The zero-order chi connectivity index (χ0) is 13.2. The molecule has 1 aliphatic rings. The molecule has 2 aromatic rings. The minimum absolute atomic E-state index is 0.576. The zero-order valence-corrected chi connectivity index (χ0v) is 11.3. The van der Waals surface area contributed by atoms with Crippen LogP contribution < -0.4 is 10.6 Å². The Hall–Kier alpha value is -2.04. The fraction of sp³-hybridized carbons (Fsp3) is 0.429. The van der Waals surface area contributed by atoms with Crippen molar-refractivity contribution in [3.63, 3.8) is 0 Å². The Morgan fingerprint density at radius 1 is 1.53 bits per heavy atom. The summed E-state index contributed by atoms with van der Waals surface area (Å²) in [5, 5.41) is 6.70. The maximum Gasteiger partial charge on any atom is 0.191 e. The Morgan fingerprint density at radius 3 is 3.05 bits per heavy atom. The van der Waals surface area contributed by atoms with E-state index in [9.17, 15) is 0 Å². The second kappa shape index (κ2) is 4.91. The maximum absolute atomic E-state index is 4.55. The van der Waals surface area contributed by atoms with Crippen LogP contribution in [0.3, 0.4) is 0 Å². The topological polar surface area (TPSA) is 53.7 Å². The molecule has 0 saturated heterocycles. The van der Waals surface area contributed by atoms with Gasteiger partial charge in [-0.1, -0.05) is 13.0 Å². The first-order valence-corrected chi connectivity index (χ1v) is 6.66. The first kappa shape index (κ1) is 12.0. The first-order chi connectivity index (χ1) is 9.26. The minimum atomic E-state index is 0.576. The summed E-state index contributed by atoms with van der Waals surface area (Å²) in [6.07, 6.45) is 5.27. The highest BCUT2D eigenvalue weighted by Gasteiger charge is 2.33. The molecule has 0 radical (unpaired) electrons. The minimum Gasteiger partial charge on any atom is -0.353 e. The van der Waals surface area contributed by atoms with E-state index in [4.69, 9.17) is 0 Å². The van der Waals surface area contributed by atoms with Gasteiger partial charge in [0.15, 0.2) is 5.96 Å². The van der Waals surface area contributed by atoms with Gasteiger partial charge in [-0.05, 0) is 24.5 Å². The molecule has 0 bridgehead atoms. The lowest BCUT2D eigenvalue weighted by atomic mass is 10.4. The lowest BCUT2D eigenvalue weighted by Crippen LogP contribution is -2.38. The monoisotopic (exact) mass is 257 g/mol. The van der Waals surface area contributed by atoms with Crippen molar-refractivity contribution >= 4 is 11.6 Å². The van der Waals surface area contributed by atoms with Crippen molar-refractivity contribution in [2.75, 3.05) is 7.05 Å². The number of aromatic nitrogens is 2. The summed E-state index contributed by atoms with van der Waals surface area (Å²) in [6.45, 7) is 2.93. The highest BCUT2D eigenvalue weighted by molar-refractivity contribution is 5.80. The second-order valence-electron chi connectivity index (χ2n) is 5.09. The van der Waals surface area contributed by atoms with E-state index in [1.165, 1.54) is 6.42 Å². The Labute approximate surface area is 112 Å². The molecule has 2 unspecified atom stereocenters.